The molecule has 1 amide bonds. The van der Waals surface area contributed by atoms with Gasteiger partial charge in [0.2, 0.25) is 0 Å². The molecule has 2 bridgehead atoms. The largest absolute Gasteiger partial charge is 0.456 e. The lowest BCUT2D eigenvalue weighted by Crippen LogP contribution is -2.81. The minimum atomic E-state index is -2.35. The summed E-state index contributed by atoms with van der Waals surface area (Å²) in [5.74, 6) is -5.89. The first-order chi connectivity index (χ1) is 27.9. The first-order valence-electron chi connectivity index (χ1n) is 19.6. The quantitative estimate of drug-likeness (QED) is 0.120. The van der Waals surface area contributed by atoms with Crippen molar-refractivity contribution < 1.29 is 63.3 Å². The van der Waals surface area contributed by atoms with Crippen molar-refractivity contribution in [1.29, 1.82) is 0 Å². The topological polar surface area (TPSA) is 215 Å². The third-order valence-electron chi connectivity index (χ3n) is 13.2. The van der Waals surface area contributed by atoms with Crippen LogP contribution in [0.3, 0.4) is 0 Å². The molecule has 0 radical (unpaired) electrons. The van der Waals surface area contributed by atoms with E-state index in [1.54, 1.807) is 92.7 Å². The first-order valence-corrected chi connectivity index (χ1v) is 19.6. The molecule has 14 heteroatoms. The van der Waals surface area contributed by atoms with Crippen molar-refractivity contribution in [3.63, 3.8) is 0 Å². The lowest BCUT2D eigenvalue weighted by atomic mass is 9.44. The molecule has 0 aromatic heterocycles. The fourth-order valence-corrected chi connectivity index (χ4v) is 9.94. The van der Waals surface area contributed by atoms with Crippen LogP contribution < -0.4 is 5.32 Å². The van der Waals surface area contributed by atoms with E-state index < -0.39 is 107 Å². The smallest absolute Gasteiger partial charge is 0.338 e. The van der Waals surface area contributed by atoms with Crippen LogP contribution in [0.4, 0.5) is 0 Å². The lowest BCUT2D eigenvalue weighted by Gasteiger charge is -2.67. The molecule has 7 rings (SSSR count). The Morgan fingerprint density at radius 2 is 1.44 bits per heavy atom. The van der Waals surface area contributed by atoms with Crippen LogP contribution in [0, 0.1) is 16.7 Å². The minimum absolute atomic E-state index is 0.0540. The monoisotopic (exact) mass is 811 g/mol. The van der Waals surface area contributed by atoms with Gasteiger partial charge >= 0.3 is 17.9 Å². The number of Topliss-reactive ketones (excluding diaryl/α,β-unsaturated/α-hetero) is 1. The van der Waals surface area contributed by atoms with Crippen LogP contribution in [-0.2, 0) is 33.3 Å². The molecule has 312 valence electrons. The van der Waals surface area contributed by atoms with Crippen molar-refractivity contribution in [2.75, 3.05) is 6.61 Å². The van der Waals surface area contributed by atoms with Gasteiger partial charge in [-0.1, -0.05) is 80.6 Å². The molecule has 3 aliphatic carbocycles. The van der Waals surface area contributed by atoms with E-state index in [0.29, 0.717) is 5.56 Å². The number of aliphatic hydroxyl groups excluding tert-OH is 3. The van der Waals surface area contributed by atoms with Gasteiger partial charge in [0.25, 0.3) is 5.91 Å². The van der Waals surface area contributed by atoms with E-state index in [0.717, 1.165) is 6.92 Å². The molecule has 3 fully saturated rings. The summed E-state index contributed by atoms with van der Waals surface area (Å²) in [5.41, 5.74) is -6.86. The minimum Gasteiger partial charge on any atom is -0.456 e. The molecule has 14 nitrogen and oxygen atoms in total. The Balaban J connectivity index is 1.34. The lowest BCUT2D eigenvalue weighted by molar-refractivity contribution is -0.346. The number of fused-ring (bicyclic) bond motifs is 5. The fraction of sp³-hybridized carbons (Fsp3) is 0.444. The van der Waals surface area contributed by atoms with Gasteiger partial charge in [0.1, 0.15) is 30.0 Å². The number of carbonyl (C=O) groups excluding carboxylic acids is 5. The van der Waals surface area contributed by atoms with Crippen molar-refractivity contribution in [1.82, 2.24) is 5.32 Å². The predicted octanol–water partition coefficient (Wildman–Crippen LogP) is 3.16. The molecule has 1 aliphatic heterocycles. The molecule has 3 aromatic rings. The number of aliphatic hydroxyl groups is 4. The van der Waals surface area contributed by atoms with Crippen LogP contribution in [0.5, 0.6) is 0 Å². The first kappa shape index (κ1) is 41.9. The number of esters is 3. The van der Waals surface area contributed by atoms with Crippen LogP contribution in [0.2, 0.25) is 0 Å². The molecule has 0 spiro atoms. The van der Waals surface area contributed by atoms with Gasteiger partial charge < -0.3 is 44.7 Å². The molecule has 1 saturated heterocycles. The van der Waals surface area contributed by atoms with Gasteiger partial charge in [0.05, 0.1) is 35.6 Å². The van der Waals surface area contributed by atoms with Crippen LogP contribution in [0.1, 0.15) is 79.8 Å². The van der Waals surface area contributed by atoms with E-state index in [1.165, 1.54) is 26.0 Å². The Morgan fingerprint density at radius 1 is 0.864 bits per heavy atom. The summed E-state index contributed by atoms with van der Waals surface area (Å²) in [6.45, 7) is 6.89. The molecule has 0 unspecified atom stereocenters. The number of ether oxygens (including phenoxy) is 4. The van der Waals surface area contributed by atoms with Crippen molar-refractivity contribution >= 4 is 29.6 Å². The van der Waals surface area contributed by atoms with Gasteiger partial charge in [-0.05, 0) is 54.8 Å². The highest BCUT2D eigenvalue weighted by molar-refractivity contribution is 5.95. The second kappa shape index (κ2) is 15.4. The Kier molecular flexibility index (Phi) is 10.9. The third-order valence-corrected chi connectivity index (χ3v) is 13.2. The van der Waals surface area contributed by atoms with Gasteiger partial charge in [0, 0.05) is 30.7 Å². The number of rotatable bonds is 9. The molecule has 4 aliphatic rings. The summed E-state index contributed by atoms with van der Waals surface area (Å²) in [5, 5.41) is 51.9. The predicted molar refractivity (Wildman–Crippen MR) is 208 cm³/mol. The second-order valence-electron chi connectivity index (χ2n) is 16.8. The zero-order chi connectivity index (χ0) is 42.7. The third kappa shape index (κ3) is 6.76. The van der Waals surface area contributed by atoms with E-state index in [2.05, 4.69) is 5.32 Å². The number of hydrogen-bond donors (Lipinski definition) is 5. The zero-order valence-electron chi connectivity index (χ0n) is 33.4. The number of nitrogens with one attached hydrogen (secondary N) is 1. The van der Waals surface area contributed by atoms with E-state index in [4.69, 9.17) is 18.9 Å². The second-order valence-corrected chi connectivity index (χ2v) is 16.8. The average molecular weight is 812 g/mol. The molecule has 1 heterocycles. The molecule has 5 N–H and O–H groups in total. The molecular formula is C45H49NO13. The van der Waals surface area contributed by atoms with E-state index in [1.807, 2.05) is 0 Å². The summed E-state index contributed by atoms with van der Waals surface area (Å²) < 4.78 is 24.2. The summed E-state index contributed by atoms with van der Waals surface area (Å²) in [6, 6.07) is 23.1. The van der Waals surface area contributed by atoms with E-state index in [-0.39, 0.29) is 35.3 Å². The number of amides is 1. The highest BCUT2D eigenvalue weighted by Gasteiger charge is 2.78. The average Bonchev–Trinajstić information content (AvgIpc) is 3.21. The van der Waals surface area contributed by atoms with Gasteiger partial charge in [-0.15, -0.1) is 0 Å². The molecule has 11 atom stereocenters. The van der Waals surface area contributed by atoms with Crippen molar-refractivity contribution in [2.24, 2.45) is 16.7 Å². The number of carbonyl (C=O) groups is 5. The maximum Gasteiger partial charge on any atom is 0.338 e. The van der Waals surface area contributed by atoms with E-state index >= 15 is 0 Å². The van der Waals surface area contributed by atoms with Crippen LogP contribution in [0.25, 0.3) is 0 Å². The number of ketones is 1. The molecule has 3 aromatic carbocycles. The highest BCUT2D eigenvalue weighted by Crippen LogP contribution is 2.64. The van der Waals surface area contributed by atoms with Crippen molar-refractivity contribution in [3.8, 4) is 0 Å². The van der Waals surface area contributed by atoms with Crippen molar-refractivity contribution in [3.05, 3.63) is 119 Å². The standard InChI is InChI=1S/C45H49NO13/c1-24-29(57-41(54)35(50)33(26-15-9-6-10-16-26)46-39(52)27-17-11-7-12-18-27)22-45(55)38(58-40(53)28-19-13-8-14-20-28)36-43(5,37(51)34(49)32(24)42(45,3)4)30(48)21-31-44(36,23-56-31)59-25(2)47/h6-20,29-31,33-36,38,48-50,55H,21-23H2,1-5H3,(H,46,52)/t29-,30-,31+,33+,34+,35-,36-,38-,43+,44-,45+/m0/s1. The normalized spacial score (nSPS) is 33.0. The van der Waals surface area contributed by atoms with Crippen molar-refractivity contribution in [2.45, 2.75) is 101 Å². The molecule has 2 saturated carbocycles. The zero-order valence-corrected chi connectivity index (χ0v) is 33.4. The van der Waals surface area contributed by atoms with Crippen LogP contribution in [0.15, 0.2) is 102 Å². The van der Waals surface area contributed by atoms with Crippen LogP contribution in [-0.4, -0.2) is 104 Å². The van der Waals surface area contributed by atoms with Crippen LogP contribution >= 0.6 is 0 Å². The maximum atomic E-state index is 15.0. The Morgan fingerprint density at radius 3 is 2.00 bits per heavy atom. The van der Waals surface area contributed by atoms with Gasteiger partial charge in [-0.3, -0.25) is 14.4 Å². The SMILES string of the molecule is CC(=O)O[C@@]12CO[C@@H]1C[C@H](O)[C@@]1(C)C(=O)[C@H](O)C3=C(C)[C@@H](OC(=O)[C@@H](O)[C@H](NC(=O)c4ccccc4)c4ccccc4)C[C@@](O)([C@@H](OC(=O)c4ccccc4)[C@H]21)C3(C)C. The summed E-state index contributed by atoms with van der Waals surface area (Å²) in [7, 11) is 0. The summed E-state index contributed by atoms with van der Waals surface area (Å²) >= 11 is 0. The van der Waals surface area contributed by atoms with Gasteiger partial charge in [0.15, 0.2) is 17.5 Å². The Hall–Kier alpha value is -5.25. The number of hydrogen-bond acceptors (Lipinski definition) is 13. The maximum absolute atomic E-state index is 15.0. The van der Waals surface area contributed by atoms with E-state index in [9.17, 15) is 44.4 Å². The summed E-state index contributed by atoms with van der Waals surface area (Å²) in [6.07, 6.45) is -10.5. The van der Waals surface area contributed by atoms with Gasteiger partial charge in [-0.2, -0.15) is 0 Å². The highest BCUT2D eigenvalue weighted by atomic mass is 16.6. The Labute approximate surface area is 341 Å². The summed E-state index contributed by atoms with van der Waals surface area (Å²) in [4.78, 5) is 69.5. The Bertz CT molecular complexity index is 2160. The number of benzene rings is 3. The molecule has 59 heavy (non-hydrogen) atoms. The van der Waals surface area contributed by atoms with Gasteiger partial charge in [-0.25, -0.2) is 9.59 Å². The fourth-order valence-electron chi connectivity index (χ4n) is 9.94. The molecular weight excluding hydrogens is 762 g/mol.